The van der Waals surface area contributed by atoms with Gasteiger partial charge in [-0.15, -0.1) is 11.3 Å². The number of carbonyl (C=O) groups excluding carboxylic acids is 3. The summed E-state index contributed by atoms with van der Waals surface area (Å²) in [4.78, 5) is 39.2. The van der Waals surface area contributed by atoms with E-state index >= 15 is 0 Å². The quantitative estimate of drug-likeness (QED) is 0.817. The second-order valence-electron chi connectivity index (χ2n) is 7.34. The van der Waals surface area contributed by atoms with Crippen molar-refractivity contribution in [2.75, 3.05) is 13.1 Å². The minimum absolute atomic E-state index is 0.0231. The Morgan fingerprint density at radius 3 is 2.77 bits per heavy atom. The van der Waals surface area contributed by atoms with Crippen molar-refractivity contribution < 1.29 is 19.1 Å². The molecule has 1 aromatic heterocycles. The van der Waals surface area contributed by atoms with E-state index in [-0.39, 0.29) is 24.8 Å². The minimum atomic E-state index is -0.733. The zero-order valence-electron chi connectivity index (χ0n) is 15.8. The lowest BCUT2D eigenvalue weighted by Gasteiger charge is -2.27. The molecule has 0 radical (unpaired) electrons. The number of ether oxygens (including phenoxy) is 1. The van der Waals surface area contributed by atoms with Crippen molar-refractivity contribution in [2.24, 2.45) is 0 Å². The maximum atomic E-state index is 12.3. The fraction of sp³-hybridized carbons (Fsp3) is 0.611. The third-order valence-corrected chi connectivity index (χ3v) is 4.95. The average molecular weight is 381 g/mol. The van der Waals surface area contributed by atoms with Crippen LogP contribution < -0.4 is 10.6 Å². The van der Waals surface area contributed by atoms with E-state index in [0.29, 0.717) is 6.54 Å². The molecule has 1 aliphatic heterocycles. The number of fused-ring (bicyclic) bond motifs is 1. The van der Waals surface area contributed by atoms with Gasteiger partial charge in [0.1, 0.15) is 11.6 Å². The van der Waals surface area contributed by atoms with Gasteiger partial charge in [-0.25, -0.2) is 4.79 Å². The highest BCUT2D eigenvalue weighted by atomic mass is 32.1. The number of carbonyl (C=O) groups is 3. The number of alkyl carbamates (subject to hydrolysis) is 1. The van der Waals surface area contributed by atoms with Gasteiger partial charge in [0.05, 0.1) is 0 Å². The molecule has 1 atom stereocenters. The Labute approximate surface area is 158 Å². The lowest BCUT2D eigenvalue weighted by Crippen LogP contribution is -2.47. The monoisotopic (exact) mass is 381 g/mol. The summed E-state index contributed by atoms with van der Waals surface area (Å²) in [5.41, 5.74) is 0.595. The Kier molecular flexibility index (Phi) is 6.63. The van der Waals surface area contributed by atoms with Crippen LogP contribution in [0.5, 0.6) is 0 Å². The van der Waals surface area contributed by atoms with Crippen LogP contribution in [0.25, 0.3) is 0 Å². The first-order valence-electron chi connectivity index (χ1n) is 8.76. The molecule has 1 unspecified atom stereocenters. The fourth-order valence-corrected chi connectivity index (χ4v) is 3.50. The Balaban J connectivity index is 1.69. The van der Waals surface area contributed by atoms with Gasteiger partial charge < -0.3 is 20.3 Å². The van der Waals surface area contributed by atoms with E-state index in [1.807, 2.05) is 4.90 Å². The molecule has 1 aliphatic rings. The van der Waals surface area contributed by atoms with Crippen molar-refractivity contribution in [3.05, 3.63) is 21.9 Å². The van der Waals surface area contributed by atoms with E-state index in [1.165, 1.54) is 10.4 Å². The second-order valence-corrected chi connectivity index (χ2v) is 8.34. The number of nitrogens with one attached hydrogen (secondary N) is 2. The number of nitrogens with zero attached hydrogens (tertiary/aromatic N) is 1. The van der Waals surface area contributed by atoms with Gasteiger partial charge in [0, 0.05) is 30.9 Å². The summed E-state index contributed by atoms with van der Waals surface area (Å²) < 4.78 is 5.11. The van der Waals surface area contributed by atoms with Crippen LogP contribution in [0.15, 0.2) is 11.4 Å². The van der Waals surface area contributed by atoms with Crippen LogP contribution in [0.3, 0.4) is 0 Å². The highest BCUT2D eigenvalue weighted by Crippen LogP contribution is 2.24. The van der Waals surface area contributed by atoms with Crippen LogP contribution in [0.1, 0.15) is 44.6 Å². The van der Waals surface area contributed by atoms with Gasteiger partial charge in [-0.1, -0.05) is 0 Å². The number of hydrogen-bond acceptors (Lipinski definition) is 5. The van der Waals surface area contributed by atoms with Gasteiger partial charge in [0.2, 0.25) is 11.8 Å². The maximum Gasteiger partial charge on any atom is 0.408 e. The van der Waals surface area contributed by atoms with E-state index in [4.69, 9.17) is 4.74 Å². The summed E-state index contributed by atoms with van der Waals surface area (Å²) in [6.45, 7) is 8.43. The lowest BCUT2D eigenvalue weighted by atomic mass is 10.1. The van der Waals surface area contributed by atoms with Crippen LogP contribution in [-0.2, 0) is 27.3 Å². The van der Waals surface area contributed by atoms with Gasteiger partial charge in [-0.3, -0.25) is 9.59 Å². The van der Waals surface area contributed by atoms with E-state index < -0.39 is 17.7 Å². The molecule has 144 valence electrons. The molecule has 0 saturated carbocycles. The first-order chi connectivity index (χ1) is 12.2. The summed E-state index contributed by atoms with van der Waals surface area (Å²) >= 11 is 1.73. The highest BCUT2D eigenvalue weighted by molar-refractivity contribution is 7.10. The molecule has 7 nitrogen and oxygen atoms in total. The predicted molar refractivity (Wildman–Crippen MR) is 99.9 cm³/mol. The smallest absolute Gasteiger partial charge is 0.408 e. The summed E-state index contributed by atoms with van der Waals surface area (Å²) in [6, 6.07) is 1.33. The van der Waals surface area contributed by atoms with E-state index in [2.05, 4.69) is 22.1 Å². The highest BCUT2D eigenvalue weighted by Gasteiger charge is 2.23. The van der Waals surface area contributed by atoms with Crippen LogP contribution in [0.4, 0.5) is 4.79 Å². The number of amides is 3. The Bertz CT molecular complexity index is 666. The zero-order chi connectivity index (χ0) is 19.3. The Morgan fingerprint density at radius 1 is 1.35 bits per heavy atom. The molecule has 0 aliphatic carbocycles. The second kappa shape index (κ2) is 8.53. The van der Waals surface area contributed by atoms with Crippen molar-refractivity contribution in [2.45, 2.75) is 58.7 Å². The van der Waals surface area contributed by atoms with Crippen LogP contribution in [0, 0.1) is 0 Å². The summed E-state index contributed by atoms with van der Waals surface area (Å²) in [5.74, 6) is -0.322. The van der Waals surface area contributed by atoms with Gasteiger partial charge in [0.15, 0.2) is 0 Å². The topological polar surface area (TPSA) is 87.7 Å². The van der Waals surface area contributed by atoms with Crippen molar-refractivity contribution in [3.8, 4) is 0 Å². The van der Waals surface area contributed by atoms with Crippen LogP contribution in [-0.4, -0.2) is 47.5 Å². The summed E-state index contributed by atoms with van der Waals surface area (Å²) in [6.07, 6.45) is 0.489. The normalized spacial score (nSPS) is 15.0. The molecule has 0 spiro atoms. The third kappa shape index (κ3) is 6.01. The largest absolute Gasteiger partial charge is 0.444 e. The molecule has 0 saturated heterocycles. The number of thiophene rings is 1. The lowest BCUT2D eigenvalue weighted by molar-refractivity contribution is -0.132. The van der Waals surface area contributed by atoms with Crippen molar-refractivity contribution in [1.29, 1.82) is 0 Å². The summed E-state index contributed by atoms with van der Waals surface area (Å²) in [5, 5.41) is 7.21. The fourth-order valence-electron chi connectivity index (χ4n) is 2.62. The first kappa shape index (κ1) is 20.2. The summed E-state index contributed by atoms with van der Waals surface area (Å²) in [7, 11) is 0. The van der Waals surface area contributed by atoms with Crippen molar-refractivity contribution in [3.63, 3.8) is 0 Å². The standard InChI is InChI=1S/C18H27N3O4S/c1-12(20-17(24)25-18(2,3)4)16(23)19-8-5-15(22)21-9-6-14-13(11-21)7-10-26-14/h7,10,12H,5-6,8-9,11H2,1-4H3,(H,19,23)(H,20,24). The Hall–Kier alpha value is -2.09. The molecular weight excluding hydrogens is 354 g/mol. The van der Waals surface area contributed by atoms with Gasteiger partial charge in [-0.05, 0) is 51.1 Å². The maximum absolute atomic E-state index is 12.3. The first-order valence-corrected chi connectivity index (χ1v) is 9.64. The van der Waals surface area contributed by atoms with Gasteiger partial charge >= 0.3 is 6.09 Å². The van der Waals surface area contributed by atoms with Crippen molar-refractivity contribution >= 4 is 29.2 Å². The molecule has 3 amide bonds. The van der Waals surface area contributed by atoms with Gasteiger partial charge in [-0.2, -0.15) is 0 Å². The molecule has 2 rings (SSSR count). The number of hydrogen-bond donors (Lipinski definition) is 2. The molecular formula is C18H27N3O4S. The van der Waals surface area contributed by atoms with Crippen LogP contribution in [0.2, 0.25) is 0 Å². The van der Waals surface area contributed by atoms with E-state index in [0.717, 1.165) is 13.0 Å². The number of rotatable bonds is 5. The molecule has 0 bridgehead atoms. The minimum Gasteiger partial charge on any atom is -0.444 e. The van der Waals surface area contributed by atoms with E-state index in [1.54, 1.807) is 39.0 Å². The van der Waals surface area contributed by atoms with Crippen molar-refractivity contribution in [1.82, 2.24) is 15.5 Å². The molecule has 1 aromatic rings. The molecule has 8 heteroatoms. The predicted octanol–water partition coefficient (Wildman–Crippen LogP) is 2.05. The zero-order valence-corrected chi connectivity index (χ0v) is 16.6. The molecule has 0 aromatic carbocycles. The SMILES string of the molecule is CC(NC(=O)OC(C)(C)C)C(=O)NCCC(=O)N1CCc2sccc2C1. The molecule has 0 fully saturated rings. The molecule has 2 heterocycles. The van der Waals surface area contributed by atoms with Gasteiger partial charge in [0.25, 0.3) is 0 Å². The van der Waals surface area contributed by atoms with Crippen LogP contribution >= 0.6 is 11.3 Å². The van der Waals surface area contributed by atoms with E-state index in [9.17, 15) is 14.4 Å². The average Bonchev–Trinajstić information content (AvgIpc) is 3.00. The Morgan fingerprint density at radius 2 is 2.08 bits per heavy atom. The third-order valence-electron chi connectivity index (χ3n) is 3.92. The molecule has 26 heavy (non-hydrogen) atoms. The molecule has 2 N–H and O–H groups in total.